The average Bonchev–Trinajstić information content (AvgIpc) is 2.79. The third-order valence-electron chi connectivity index (χ3n) is 3.14. The van der Waals surface area contributed by atoms with E-state index in [0.717, 1.165) is 17.0 Å². The van der Waals surface area contributed by atoms with Crippen molar-refractivity contribution < 1.29 is 4.39 Å². The molecule has 0 bridgehead atoms. The van der Waals surface area contributed by atoms with Crippen LogP contribution in [0.4, 0.5) is 4.39 Å². The van der Waals surface area contributed by atoms with E-state index in [1.807, 2.05) is 16.7 Å². The van der Waals surface area contributed by atoms with E-state index in [0.29, 0.717) is 28.8 Å². The lowest BCUT2D eigenvalue weighted by Gasteiger charge is -2.07. The Morgan fingerprint density at radius 2 is 2.19 bits per heavy atom. The molecule has 2 aromatic heterocycles. The summed E-state index contributed by atoms with van der Waals surface area (Å²) in [7, 11) is 0. The summed E-state index contributed by atoms with van der Waals surface area (Å²) in [4.78, 5) is 4.47. The molecule has 0 aliphatic heterocycles. The highest BCUT2D eigenvalue weighted by molar-refractivity contribution is 9.10. The van der Waals surface area contributed by atoms with E-state index >= 15 is 0 Å². The number of imidazole rings is 1. The standard InChI is InChI=1S/C14H11BrClFN4/c15-10-6-13-12(7-11(10)17)19-14(3-4-16)21(13)8-9-2-1-5-18-20-9/h1-2,5-7H,3-4,8H2. The van der Waals surface area contributed by atoms with Crippen molar-refractivity contribution in [3.05, 3.63) is 52.3 Å². The molecule has 0 amide bonds. The summed E-state index contributed by atoms with van der Waals surface area (Å²) in [6.07, 6.45) is 2.23. The Balaban J connectivity index is 2.13. The highest BCUT2D eigenvalue weighted by Crippen LogP contribution is 2.25. The van der Waals surface area contributed by atoms with Crippen molar-refractivity contribution in [2.75, 3.05) is 5.88 Å². The van der Waals surface area contributed by atoms with Gasteiger partial charge in [-0.1, -0.05) is 0 Å². The van der Waals surface area contributed by atoms with Crippen molar-refractivity contribution in [2.45, 2.75) is 13.0 Å². The van der Waals surface area contributed by atoms with E-state index in [2.05, 4.69) is 31.1 Å². The van der Waals surface area contributed by atoms with Crippen molar-refractivity contribution in [3.8, 4) is 0 Å². The van der Waals surface area contributed by atoms with Gasteiger partial charge < -0.3 is 4.57 Å². The molecule has 1 aromatic carbocycles. The second kappa shape index (κ2) is 6.07. The highest BCUT2D eigenvalue weighted by Gasteiger charge is 2.14. The lowest BCUT2D eigenvalue weighted by atomic mass is 10.3. The maximum Gasteiger partial charge on any atom is 0.139 e. The van der Waals surface area contributed by atoms with Gasteiger partial charge in [-0.05, 0) is 34.1 Å². The van der Waals surface area contributed by atoms with Crippen LogP contribution in [0.1, 0.15) is 11.5 Å². The quantitative estimate of drug-likeness (QED) is 0.661. The second-order valence-electron chi connectivity index (χ2n) is 4.52. The molecule has 0 radical (unpaired) electrons. The number of aryl methyl sites for hydroxylation is 1. The Morgan fingerprint density at radius 3 is 2.90 bits per heavy atom. The van der Waals surface area contributed by atoms with E-state index in [1.165, 1.54) is 6.07 Å². The molecule has 0 fully saturated rings. The number of rotatable bonds is 4. The summed E-state index contributed by atoms with van der Waals surface area (Å²) >= 11 is 9.05. The van der Waals surface area contributed by atoms with Crippen LogP contribution in [0.5, 0.6) is 0 Å². The number of aromatic nitrogens is 4. The van der Waals surface area contributed by atoms with E-state index in [9.17, 15) is 4.39 Å². The molecule has 0 unspecified atom stereocenters. The summed E-state index contributed by atoms with van der Waals surface area (Å²) in [5, 5.41) is 7.96. The molecule has 0 atom stereocenters. The number of halogens is 3. The van der Waals surface area contributed by atoms with Gasteiger partial charge in [0.2, 0.25) is 0 Å². The molecule has 108 valence electrons. The molecule has 21 heavy (non-hydrogen) atoms. The Bertz CT molecular complexity index is 775. The van der Waals surface area contributed by atoms with Crippen molar-refractivity contribution in [3.63, 3.8) is 0 Å². The van der Waals surface area contributed by atoms with Gasteiger partial charge in [-0.15, -0.1) is 11.6 Å². The molecule has 0 saturated heterocycles. The normalized spacial score (nSPS) is 11.2. The van der Waals surface area contributed by atoms with Gasteiger partial charge in [-0.25, -0.2) is 9.37 Å². The molecular formula is C14H11BrClFN4. The third kappa shape index (κ3) is 2.91. The third-order valence-corrected chi connectivity index (χ3v) is 3.93. The zero-order valence-corrected chi connectivity index (χ0v) is 13.3. The minimum Gasteiger partial charge on any atom is -0.322 e. The molecule has 4 nitrogen and oxygen atoms in total. The van der Waals surface area contributed by atoms with Crippen LogP contribution in [-0.4, -0.2) is 25.6 Å². The van der Waals surface area contributed by atoms with Gasteiger partial charge in [-0.3, -0.25) is 0 Å². The maximum atomic E-state index is 13.7. The zero-order chi connectivity index (χ0) is 14.8. The molecule has 2 heterocycles. The summed E-state index contributed by atoms with van der Waals surface area (Å²) < 4.78 is 16.1. The molecule has 0 N–H and O–H groups in total. The Hall–Kier alpha value is -1.53. The SMILES string of the molecule is Fc1cc2nc(CCCl)n(Cc3cccnn3)c2cc1Br. The van der Waals surface area contributed by atoms with Crippen molar-refractivity contribution in [1.29, 1.82) is 0 Å². The molecule has 3 rings (SSSR count). The monoisotopic (exact) mass is 368 g/mol. The van der Waals surface area contributed by atoms with Crippen molar-refractivity contribution >= 4 is 38.6 Å². The molecule has 0 aliphatic rings. The van der Waals surface area contributed by atoms with E-state index in [4.69, 9.17) is 11.6 Å². The minimum absolute atomic E-state index is 0.330. The largest absolute Gasteiger partial charge is 0.322 e. The molecule has 7 heteroatoms. The van der Waals surface area contributed by atoms with Crippen LogP contribution in [0.3, 0.4) is 0 Å². The Morgan fingerprint density at radius 1 is 1.33 bits per heavy atom. The zero-order valence-electron chi connectivity index (χ0n) is 10.9. The summed E-state index contributed by atoms with van der Waals surface area (Å²) in [5.74, 6) is 0.931. The van der Waals surface area contributed by atoms with E-state index in [1.54, 1.807) is 12.3 Å². The molecule has 0 aliphatic carbocycles. The van der Waals surface area contributed by atoms with Crippen molar-refractivity contribution in [1.82, 2.24) is 19.7 Å². The van der Waals surface area contributed by atoms with Crippen molar-refractivity contribution in [2.24, 2.45) is 0 Å². The number of alkyl halides is 1. The lowest BCUT2D eigenvalue weighted by Crippen LogP contribution is -2.07. The number of nitrogens with zero attached hydrogens (tertiary/aromatic N) is 4. The van der Waals surface area contributed by atoms with Gasteiger partial charge >= 0.3 is 0 Å². The number of fused-ring (bicyclic) bond motifs is 1. The van der Waals surface area contributed by atoms with Crippen LogP contribution in [0.25, 0.3) is 11.0 Å². The van der Waals surface area contributed by atoms with Crippen LogP contribution < -0.4 is 0 Å². The van der Waals surface area contributed by atoms with Crippen LogP contribution in [0, 0.1) is 5.82 Å². The fourth-order valence-electron chi connectivity index (χ4n) is 2.20. The first kappa shape index (κ1) is 14.4. The van der Waals surface area contributed by atoms with E-state index < -0.39 is 0 Å². The van der Waals surface area contributed by atoms with Gasteiger partial charge in [0.15, 0.2) is 0 Å². The predicted octanol–water partition coefficient (Wildman–Crippen LogP) is 3.56. The van der Waals surface area contributed by atoms with Crippen LogP contribution >= 0.6 is 27.5 Å². The average molecular weight is 370 g/mol. The Labute approximate surface area is 134 Å². The van der Waals surface area contributed by atoms with Gasteiger partial charge in [0, 0.05) is 24.6 Å². The topological polar surface area (TPSA) is 43.6 Å². The highest BCUT2D eigenvalue weighted by atomic mass is 79.9. The molecule has 3 aromatic rings. The van der Waals surface area contributed by atoms with Crippen LogP contribution in [-0.2, 0) is 13.0 Å². The molecule has 0 saturated carbocycles. The van der Waals surface area contributed by atoms with Crippen LogP contribution in [0.2, 0.25) is 0 Å². The van der Waals surface area contributed by atoms with Crippen LogP contribution in [0.15, 0.2) is 34.9 Å². The predicted molar refractivity (Wildman–Crippen MR) is 82.9 cm³/mol. The summed E-state index contributed by atoms with van der Waals surface area (Å²) in [5.41, 5.74) is 2.27. The fourth-order valence-corrected chi connectivity index (χ4v) is 2.70. The number of benzene rings is 1. The van der Waals surface area contributed by atoms with Gasteiger partial charge in [-0.2, -0.15) is 10.2 Å². The first-order valence-electron chi connectivity index (χ1n) is 6.35. The number of hydrogen-bond acceptors (Lipinski definition) is 3. The molecular weight excluding hydrogens is 359 g/mol. The maximum absolute atomic E-state index is 13.7. The molecule has 0 spiro atoms. The van der Waals surface area contributed by atoms with Gasteiger partial charge in [0.05, 0.1) is 27.7 Å². The minimum atomic E-state index is -0.330. The second-order valence-corrected chi connectivity index (χ2v) is 5.76. The smallest absolute Gasteiger partial charge is 0.139 e. The van der Waals surface area contributed by atoms with E-state index in [-0.39, 0.29) is 5.82 Å². The fraction of sp³-hybridized carbons (Fsp3) is 0.214. The summed E-state index contributed by atoms with van der Waals surface area (Å²) in [6, 6.07) is 6.87. The first-order valence-corrected chi connectivity index (χ1v) is 7.68. The Kier molecular flexibility index (Phi) is 4.17. The number of hydrogen-bond donors (Lipinski definition) is 0. The van der Waals surface area contributed by atoms with Gasteiger partial charge in [0.25, 0.3) is 0 Å². The first-order chi connectivity index (χ1) is 10.2. The summed E-state index contributed by atoms with van der Waals surface area (Å²) in [6.45, 7) is 0.522. The van der Waals surface area contributed by atoms with Gasteiger partial charge in [0.1, 0.15) is 11.6 Å². The lowest BCUT2D eigenvalue weighted by molar-refractivity contribution is 0.622.